The number of nitrogen functional groups attached to an aromatic ring is 1. The van der Waals surface area contributed by atoms with Crippen LogP contribution >= 0.6 is 0 Å². The Balaban J connectivity index is 1.80. The molecule has 0 radical (unpaired) electrons. The SMILES string of the molecule is Nc1nc(Nc2cnc3ccccc3c2)c2[nH]cnc2n1. The summed E-state index contributed by atoms with van der Waals surface area (Å²) in [5.74, 6) is 0.748. The predicted molar refractivity (Wildman–Crippen MR) is 81.1 cm³/mol. The van der Waals surface area contributed by atoms with Crippen LogP contribution in [0.5, 0.6) is 0 Å². The summed E-state index contributed by atoms with van der Waals surface area (Å²) in [6.07, 6.45) is 3.31. The second kappa shape index (κ2) is 4.41. The molecule has 0 amide bonds. The molecule has 0 spiro atoms. The average molecular weight is 277 g/mol. The van der Waals surface area contributed by atoms with Crippen molar-refractivity contribution < 1.29 is 0 Å². The number of nitrogens with zero attached hydrogens (tertiary/aromatic N) is 4. The summed E-state index contributed by atoms with van der Waals surface area (Å²) in [6, 6.07) is 9.91. The summed E-state index contributed by atoms with van der Waals surface area (Å²) in [4.78, 5) is 19.8. The molecule has 4 aromatic rings. The summed E-state index contributed by atoms with van der Waals surface area (Å²) in [5, 5.41) is 4.25. The standard InChI is InChI=1S/C14H11N7/c15-14-20-12-11(17-7-18-12)13(21-14)19-9-5-8-3-1-2-4-10(8)16-6-9/h1-7H,(H4,15,17,18,19,20,21). The normalized spacial score (nSPS) is 11.0. The molecule has 102 valence electrons. The maximum Gasteiger partial charge on any atom is 0.224 e. The number of imidazole rings is 1. The van der Waals surface area contributed by atoms with Gasteiger partial charge >= 0.3 is 0 Å². The average Bonchev–Trinajstić information content (AvgIpc) is 2.95. The molecule has 0 bridgehead atoms. The molecular formula is C14H11N7. The Kier molecular flexibility index (Phi) is 2.43. The van der Waals surface area contributed by atoms with E-state index in [2.05, 4.69) is 30.2 Å². The van der Waals surface area contributed by atoms with Crippen LogP contribution in [0.2, 0.25) is 0 Å². The molecule has 0 aliphatic rings. The van der Waals surface area contributed by atoms with Gasteiger partial charge in [0.2, 0.25) is 5.95 Å². The Morgan fingerprint density at radius 1 is 1.10 bits per heavy atom. The van der Waals surface area contributed by atoms with Gasteiger partial charge in [0.1, 0.15) is 5.52 Å². The lowest BCUT2D eigenvalue weighted by atomic mass is 10.2. The first-order valence-electron chi connectivity index (χ1n) is 6.38. The fraction of sp³-hybridized carbons (Fsp3) is 0. The van der Waals surface area contributed by atoms with Crippen molar-refractivity contribution in [2.45, 2.75) is 0 Å². The van der Waals surface area contributed by atoms with Gasteiger partial charge in [-0.05, 0) is 12.1 Å². The molecule has 0 aliphatic heterocycles. The van der Waals surface area contributed by atoms with Gasteiger partial charge in [-0.2, -0.15) is 9.97 Å². The van der Waals surface area contributed by atoms with E-state index in [0.29, 0.717) is 17.0 Å². The molecule has 3 heterocycles. The van der Waals surface area contributed by atoms with Gasteiger partial charge in [0, 0.05) is 5.39 Å². The minimum absolute atomic E-state index is 0.172. The highest BCUT2D eigenvalue weighted by Gasteiger charge is 2.09. The first kappa shape index (κ1) is 11.6. The number of hydrogen-bond acceptors (Lipinski definition) is 6. The Hall–Kier alpha value is -3.22. The number of para-hydroxylation sites is 1. The molecule has 7 heteroatoms. The molecule has 0 saturated carbocycles. The van der Waals surface area contributed by atoms with Crippen LogP contribution in [0.25, 0.3) is 22.1 Å². The van der Waals surface area contributed by atoms with Crippen molar-refractivity contribution in [2.75, 3.05) is 11.1 Å². The third-order valence-electron chi connectivity index (χ3n) is 3.16. The van der Waals surface area contributed by atoms with E-state index in [0.717, 1.165) is 16.6 Å². The van der Waals surface area contributed by atoms with E-state index in [-0.39, 0.29) is 5.95 Å². The van der Waals surface area contributed by atoms with Crippen LogP contribution in [0.3, 0.4) is 0 Å². The van der Waals surface area contributed by atoms with Crippen molar-refractivity contribution in [2.24, 2.45) is 0 Å². The number of H-pyrrole nitrogens is 1. The molecule has 7 nitrogen and oxygen atoms in total. The quantitative estimate of drug-likeness (QED) is 0.519. The number of rotatable bonds is 2. The Bertz CT molecular complexity index is 944. The van der Waals surface area contributed by atoms with Crippen LogP contribution in [-0.2, 0) is 0 Å². The number of hydrogen-bond donors (Lipinski definition) is 3. The van der Waals surface area contributed by atoms with Crippen LogP contribution in [0.15, 0.2) is 42.9 Å². The summed E-state index contributed by atoms with van der Waals surface area (Å²) >= 11 is 0. The lowest BCUT2D eigenvalue weighted by Crippen LogP contribution is -2.01. The largest absolute Gasteiger partial charge is 0.368 e. The number of nitrogens with two attached hydrogens (primary N) is 1. The zero-order valence-corrected chi connectivity index (χ0v) is 10.9. The third-order valence-corrected chi connectivity index (χ3v) is 3.16. The van der Waals surface area contributed by atoms with Crippen LogP contribution in [-0.4, -0.2) is 24.9 Å². The minimum atomic E-state index is 0.172. The fourth-order valence-electron chi connectivity index (χ4n) is 2.22. The Labute approximate surface area is 119 Å². The topological polar surface area (TPSA) is 105 Å². The van der Waals surface area contributed by atoms with E-state index in [1.54, 1.807) is 12.5 Å². The number of pyridine rings is 1. The van der Waals surface area contributed by atoms with Crippen molar-refractivity contribution >= 4 is 39.5 Å². The zero-order chi connectivity index (χ0) is 14.2. The molecule has 3 aromatic heterocycles. The van der Waals surface area contributed by atoms with Gasteiger partial charge in [-0.15, -0.1) is 0 Å². The number of fused-ring (bicyclic) bond motifs is 2. The number of aromatic amines is 1. The molecular weight excluding hydrogens is 266 g/mol. The summed E-state index contributed by atoms with van der Waals surface area (Å²) < 4.78 is 0. The molecule has 0 aliphatic carbocycles. The maximum absolute atomic E-state index is 5.70. The highest BCUT2D eigenvalue weighted by atomic mass is 15.1. The van der Waals surface area contributed by atoms with E-state index >= 15 is 0 Å². The second-order valence-corrected chi connectivity index (χ2v) is 4.57. The third kappa shape index (κ3) is 2.00. The molecule has 4 rings (SSSR count). The number of benzene rings is 1. The van der Waals surface area contributed by atoms with E-state index in [1.165, 1.54) is 0 Å². The summed E-state index contributed by atoms with van der Waals surface area (Å²) in [7, 11) is 0. The number of nitrogens with one attached hydrogen (secondary N) is 2. The predicted octanol–water partition coefficient (Wildman–Crippen LogP) is 2.23. The van der Waals surface area contributed by atoms with Crippen molar-refractivity contribution in [3.05, 3.63) is 42.9 Å². The molecule has 0 saturated heterocycles. The van der Waals surface area contributed by atoms with Crippen LogP contribution in [0.1, 0.15) is 0 Å². The van der Waals surface area contributed by atoms with Gasteiger partial charge in [0.15, 0.2) is 11.5 Å². The molecule has 1 aromatic carbocycles. The highest BCUT2D eigenvalue weighted by molar-refractivity contribution is 5.88. The van der Waals surface area contributed by atoms with Crippen molar-refractivity contribution in [3.63, 3.8) is 0 Å². The second-order valence-electron chi connectivity index (χ2n) is 4.57. The summed E-state index contributed by atoms with van der Waals surface area (Å²) in [6.45, 7) is 0. The monoisotopic (exact) mass is 277 g/mol. The van der Waals surface area contributed by atoms with Gasteiger partial charge in [-0.25, -0.2) is 4.98 Å². The number of aromatic nitrogens is 5. The highest BCUT2D eigenvalue weighted by Crippen LogP contribution is 2.23. The van der Waals surface area contributed by atoms with Gasteiger partial charge < -0.3 is 16.0 Å². The first-order valence-corrected chi connectivity index (χ1v) is 6.38. The lowest BCUT2D eigenvalue weighted by molar-refractivity contribution is 1.21. The van der Waals surface area contributed by atoms with E-state index in [1.807, 2.05) is 30.3 Å². The van der Waals surface area contributed by atoms with E-state index in [4.69, 9.17) is 5.73 Å². The number of anilines is 3. The van der Waals surface area contributed by atoms with Gasteiger partial charge in [0.25, 0.3) is 0 Å². The molecule has 0 unspecified atom stereocenters. The Morgan fingerprint density at radius 2 is 2.00 bits per heavy atom. The smallest absolute Gasteiger partial charge is 0.224 e. The fourth-order valence-corrected chi connectivity index (χ4v) is 2.22. The zero-order valence-electron chi connectivity index (χ0n) is 10.9. The molecule has 0 fully saturated rings. The van der Waals surface area contributed by atoms with Gasteiger partial charge in [0.05, 0.1) is 23.7 Å². The molecule has 4 N–H and O–H groups in total. The van der Waals surface area contributed by atoms with Crippen LogP contribution in [0, 0.1) is 0 Å². The first-order chi connectivity index (χ1) is 10.3. The Morgan fingerprint density at radius 3 is 2.95 bits per heavy atom. The molecule has 21 heavy (non-hydrogen) atoms. The van der Waals surface area contributed by atoms with Crippen LogP contribution < -0.4 is 11.1 Å². The van der Waals surface area contributed by atoms with Gasteiger partial charge in [-0.1, -0.05) is 18.2 Å². The lowest BCUT2D eigenvalue weighted by Gasteiger charge is -2.07. The van der Waals surface area contributed by atoms with Crippen molar-refractivity contribution in [1.82, 2.24) is 24.9 Å². The van der Waals surface area contributed by atoms with E-state index in [9.17, 15) is 0 Å². The summed E-state index contributed by atoms with van der Waals surface area (Å²) in [5.41, 5.74) is 8.69. The minimum Gasteiger partial charge on any atom is -0.368 e. The van der Waals surface area contributed by atoms with Gasteiger partial charge in [-0.3, -0.25) is 4.98 Å². The maximum atomic E-state index is 5.70. The van der Waals surface area contributed by atoms with Crippen molar-refractivity contribution in [3.8, 4) is 0 Å². The van der Waals surface area contributed by atoms with E-state index < -0.39 is 0 Å². The molecule has 0 atom stereocenters. The van der Waals surface area contributed by atoms with Crippen molar-refractivity contribution in [1.29, 1.82) is 0 Å². The van der Waals surface area contributed by atoms with Crippen LogP contribution in [0.4, 0.5) is 17.5 Å².